The third-order valence-corrected chi connectivity index (χ3v) is 10.2. The van der Waals surface area contributed by atoms with Crippen LogP contribution in [0.5, 0.6) is 5.75 Å². The van der Waals surface area contributed by atoms with Crippen molar-refractivity contribution in [2.45, 2.75) is 37.3 Å². The summed E-state index contributed by atoms with van der Waals surface area (Å²) < 4.78 is 4.08. The van der Waals surface area contributed by atoms with Gasteiger partial charge in [-0.15, -0.1) is 0 Å². The van der Waals surface area contributed by atoms with Crippen LogP contribution in [0.2, 0.25) is 0 Å². The van der Waals surface area contributed by atoms with Gasteiger partial charge in [0.1, 0.15) is 5.75 Å². The average molecular weight is 622 g/mol. The second-order valence-corrected chi connectivity index (χ2v) is 12.5. The Bertz CT molecular complexity index is 2260. The fraction of sp³-hybridized carbons (Fsp3) is 0.179. The summed E-state index contributed by atoms with van der Waals surface area (Å²) in [6, 6.07) is 32.0. The Kier molecular flexibility index (Phi) is 6.51. The summed E-state index contributed by atoms with van der Waals surface area (Å²) in [5.74, 6) is -1.80. The van der Waals surface area contributed by atoms with Crippen LogP contribution in [0.25, 0.3) is 11.3 Å². The lowest BCUT2D eigenvalue weighted by Gasteiger charge is -2.54. The van der Waals surface area contributed by atoms with E-state index in [0.29, 0.717) is 28.0 Å². The maximum atomic E-state index is 15.0. The van der Waals surface area contributed by atoms with E-state index in [0.717, 1.165) is 11.1 Å². The number of aryl methyl sites for hydroxylation is 1. The Morgan fingerprint density at radius 3 is 2.13 bits per heavy atom. The SMILES string of the molecule is Cc1cc([C@H]2C3=CCn4c(=O)n(-c5ccccc5)c(=O)n4[C@@H]3C[C@H]3C(=O)C(c4ccccc4)=CC(=O)[C@@]23c2ccccc2)ccc1O. The predicted molar refractivity (Wildman–Crippen MR) is 178 cm³/mol. The van der Waals surface area contributed by atoms with Gasteiger partial charge in [0.15, 0.2) is 11.6 Å². The third kappa shape index (κ3) is 4.07. The van der Waals surface area contributed by atoms with Crippen molar-refractivity contribution in [2.75, 3.05) is 0 Å². The fourth-order valence-corrected chi connectivity index (χ4v) is 8.17. The summed E-state index contributed by atoms with van der Waals surface area (Å²) in [4.78, 5) is 58.0. The van der Waals surface area contributed by atoms with Crippen LogP contribution in [0.3, 0.4) is 0 Å². The molecule has 1 N–H and O–H groups in total. The highest BCUT2D eigenvalue weighted by molar-refractivity contribution is 6.31. The van der Waals surface area contributed by atoms with Crippen LogP contribution in [0.1, 0.15) is 40.6 Å². The minimum atomic E-state index is -1.34. The van der Waals surface area contributed by atoms with Gasteiger partial charge in [-0.3, -0.25) is 9.59 Å². The normalized spacial score (nSPS) is 23.3. The van der Waals surface area contributed by atoms with Crippen molar-refractivity contribution >= 4 is 17.1 Å². The molecule has 4 atom stereocenters. The van der Waals surface area contributed by atoms with Crippen molar-refractivity contribution in [3.8, 4) is 11.4 Å². The Hall–Kier alpha value is -5.76. The maximum Gasteiger partial charge on any atom is 0.352 e. The molecule has 1 aromatic heterocycles. The van der Waals surface area contributed by atoms with E-state index in [9.17, 15) is 19.5 Å². The van der Waals surface area contributed by atoms with Gasteiger partial charge in [-0.2, -0.15) is 0 Å². The third-order valence-electron chi connectivity index (χ3n) is 10.2. The highest BCUT2D eigenvalue weighted by atomic mass is 16.3. The zero-order chi connectivity index (χ0) is 32.4. The number of allylic oxidation sites excluding steroid dienone is 4. The molecule has 0 radical (unpaired) electrons. The summed E-state index contributed by atoms with van der Waals surface area (Å²) in [7, 11) is 0. The lowest BCUT2D eigenvalue weighted by molar-refractivity contribution is -0.133. The molecule has 8 heteroatoms. The van der Waals surface area contributed by atoms with Crippen molar-refractivity contribution < 1.29 is 14.7 Å². The number of fused-ring (bicyclic) bond motifs is 4. The number of nitrogens with zero attached hydrogens (tertiary/aromatic N) is 3. The van der Waals surface area contributed by atoms with Gasteiger partial charge >= 0.3 is 11.4 Å². The molecule has 8 rings (SSSR count). The number of aromatic nitrogens is 3. The van der Waals surface area contributed by atoms with Gasteiger partial charge < -0.3 is 5.11 Å². The maximum absolute atomic E-state index is 15.0. The number of phenolic OH excluding ortho intramolecular Hbond substituents is 1. The van der Waals surface area contributed by atoms with Crippen molar-refractivity contribution in [3.05, 3.63) is 170 Å². The molecule has 3 aliphatic rings. The number of Topliss-reactive ketones (excluding diaryl/α,β-unsaturated/α-hetero) is 1. The monoisotopic (exact) mass is 621 g/mol. The molecule has 8 nitrogen and oxygen atoms in total. The molecule has 5 aromatic rings. The van der Waals surface area contributed by atoms with Gasteiger partial charge in [0, 0.05) is 17.4 Å². The highest BCUT2D eigenvalue weighted by Crippen LogP contribution is 2.61. The van der Waals surface area contributed by atoms with Crippen LogP contribution < -0.4 is 11.4 Å². The Balaban J connectivity index is 1.43. The summed E-state index contributed by atoms with van der Waals surface area (Å²) in [5.41, 5.74) is 2.00. The molecule has 0 bridgehead atoms. The Morgan fingerprint density at radius 2 is 1.45 bits per heavy atom. The molecule has 1 aliphatic heterocycles. The van der Waals surface area contributed by atoms with Gasteiger partial charge in [-0.25, -0.2) is 23.5 Å². The molecule has 1 fully saturated rings. The van der Waals surface area contributed by atoms with Crippen molar-refractivity contribution in [1.82, 2.24) is 13.9 Å². The van der Waals surface area contributed by atoms with E-state index in [1.165, 1.54) is 20.0 Å². The number of benzene rings is 4. The van der Waals surface area contributed by atoms with Crippen molar-refractivity contribution in [3.63, 3.8) is 0 Å². The molecule has 2 heterocycles. The first-order valence-corrected chi connectivity index (χ1v) is 15.7. The van der Waals surface area contributed by atoms with E-state index < -0.39 is 34.7 Å². The summed E-state index contributed by atoms with van der Waals surface area (Å²) in [6.07, 6.45) is 3.59. The first-order valence-electron chi connectivity index (χ1n) is 15.7. The smallest absolute Gasteiger partial charge is 0.352 e. The van der Waals surface area contributed by atoms with E-state index >= 15 is 4.79 Å². The van der Waals surface area contributed by atoms with Crippen LogP contribution in [-0.2, 0) is 21.5 Å². The summed E-state index contributed by atoms with van der Waals surface area (Å²) in [5, 5.41) is 10.5. The number of aromatic hydroxyl groups is 1. The summed E-state index contributed by atoms with van der Waals surface area (Å²) in [6.45, 7) is 1.92. The number of hydrogen-bond acceptors (Lipinski definition) is 5. The van der Waals surface area contributed by atoms with E-state index in [1.54, 1.807) is 43.3 Å². The standard InChI is InChI=1S/C39H31N3O5/c1-24-21-26(17-18-33(24)43)35-29-19-20-40-37(46)41(28-15-9-4-10-16-28)38(47)42(40)32(29)23-31-36(45)30(25-11-5-2-6-12-25)22-34(44)39(31,35)27-13-7-3-8-14-27/h2-19,21-22,31-32,35,43H,20,23H2,1H3/t31-,32+,35-,39-/m0/s1. The highest BCUT2D eigenvalue weighted by Gasteiger charge is 2.63. The topological polar surface area (TPSA) is 103 Å². The molecule has 4 aromatic carbocycles. The lowest BCUT2D eigenvalue weighted by atomic mass is 9.47. The average Bonchev–Trinajstić information content (AvgIpc) is 3.36. The molecular formula is C39H31N3O5. The second kappa shape index (κ2) is 10.7. The van der Waals surface area contributed by atoms with Gasteiger partial charge in [0.05, 0.1) is 23.7 Å². The first-order chi connectivity index (χ1) is 22.8. The Labute approximate surface area is 270 Å². The molecule has 0 spiro atoms. The molecule has 232 valence electrons. The molecule has 0 unspecified atom stereocenters. The van der Waals surface area contributed by atoms with E-state index in [1.807, 2.05) is 78.9 Å². The number of hydrogen-bond donors (Lipinski definition) is 1. The number of phenols is 1. The van der Waals surface area contributed by atoms with Crippen molar-refractivity contribution in [1.29, 1.82) is 0 Å². The number of carbonyl (C=O) groups excluding carboxylic acids is 2. The number of carbonyl (C=O) groups is 2. The molecule has 1 saturated carbocycles. The quantitative estimate of drug-likeness (QED) is 0.276. The lowest BCUT2D eigenvalue weighted by Crippen LogP contribution is -2.58. The zero-order valence-electron chi connectivity index (χ0n) is 25.6. The predicted octanol–water partition coefficient (Wildman–Crippen LogP) is 5.27. The Morgan fingerprint density at radius 1 is 0.787 bits per heavy atom. The van der Waals surface area contributed by atoms with E-state index in [2.05, 4.69) is 0 Å². The van der Waals surface area contributed by atoms with Crippen LogP contribution in [0, 0.1) is 12.8 Å². The van der Waals surface area contributed by atoms with Crippen molar-refractivity contribution in [2.24, 2.45) is 5.92 Å². The first kappa shape index (κ1) is 28.7. The van der Waals surface area contributed by atoms with Gasteiger partial charge in [-0.1, -0.05) is 97.1 Å². The van der Waals surface area contributed by atoms with Crippen LogP contribution in [0.4, 0.5) is 0 Å². The largest absolute Gasteiger partial charge is 0.508 e. The number of ketones is 2. The van der Waals surface area contributed by atoms with Gasteiger partial charge in [0.2, 0.25) is 0 Å². The van der Waals surface area contributed by atoms with E-state index in [4.69, 9.17) is 0 Å². The second-order valence-electron chi connectivity index (χ2n) is 12.5. The minimum Gasteiger partial charge on any atom is -0.508 e. The number of para-hydroxylation sites is 1. The number of rotatable bonds is 4. The van der Waals surface area contributed by atoms with Crippen LogP contribution in [-0.4, -0.2) is 30.6 Å². The van der Waals surface area contributed by atoms with Gasteiger partial charge in [0.25, 0.3) is 0 Å². The zero-order valence-corrected chi connectivity index (χ0v) is 25.6. The van der Waals surface area contributed by atoms with Crippen LogP contribution >= 0.6 is 0 Å². The molecule has 47 heavy (non-hydrogen) atoms. The van der Waals surface area contributed by atoms with Crippen LogP contribution in [0.15, 0.2) is 137 Å². The summed E-state index contributed by atoms with van der Waals surface area (Å²) >= 11 is 0. The van der Waals surface area contributed by atoms with E-state index in [-0.39, 0.29) is 30.3 Å². The molecular weight excluding hydrogens is 590 g/mol. The fourth-order valence-electron chi connectivity index (χ4n) is 8.17. The molecule has 0 saturated heterocycles. The molecule has 0 amide bonds. The molecule has 2 aliphatic carbocycles. The van der Waals surface area contributed by atoms with Gasteiger partial charge in [-0.05, 0) is 65.4 Å². The minimum absolute atomic E-state index is 0.117.